The molecule has 0 unspecified atom stereocenters. The Morgan fingerprint density at radius 3 is 2.33 bits per heavy atom. The number of halogens is 2. The molecule has 0 saturated carbocycles. The summed E-state index contributed by atoms with van der Waals surface area (Å²) in [5, 5.41) is 3.78. The van der Waals surface area contributed by atoms with Crippen LogP contribution in [0.2, 0.25) is 10.4 Å². The maximum absolute atomic E-state index is 5.59. The zero-order chi connectivity index (χ0) is 11.1. The molecule has 0 aliphatic carbocycles. The molecule has 1 aromatic rings. The minimum absolute atomic E-state index is 0.178. The highest BCUT2D eigenvalue weighted by Crippen LogP contribution is 2.04. The molecule has 2 heterocycles. The molecule has 0 aromatic carbocycles. The quantitative estimate of drug-likeness (QED) is 0.540. The van der Waals surface area contributed by atoms with Crippen LogP contribution in [0.3, 0.4) is 0 Å². The third-order valence-electron chi connectivity index (χ3n) is 1.98. The standard InChI is InChI=1S/C5H12N2.C4H2Cl2N2/c6-5-1-3-7-4-2-5;5-3-1-2-7-4(6)8-3/h5,7H,1-4,6H2;1-2H. The lowest BCUT2D eigenvalue weighted by molar-refractivity contribution is 0.458. The zero-order valence-corrected chi connectivity index (χ0v) is 9.80. The lowest BCUT2D eigenvalue weighted by Crippen LogP contribution is -2.35. The lowest BCUT2D eigenvalue weighted by Gasteiger charge is -2.17. The second-order valence-electron chi connectivity index (χ2n) is 3.24. The first-order valence-corrected chi connectivity index (χ1v) is 5.54. The van der Waals surface area contributed by atoms with Crippen LogP contribution in [0, 0.1) is 0 Å². The van der Waals surface area contributed by atoms with Crippen LogP contribution in [0.1, 0.15) is 12.8 Å². The summed E-state index contributed by atoms with van der Waals surface area (Å²) < 4.78 is 0. The summed E-state index contributed by atoms with van der Waals surface area (Å²) in [5.74, 6) is 0. The van der Waals surface area contributed by atoms with Crippen molar-refractivity contribution in [1.29, 1.82) is 0 Å². The summed E-state index contributed by atoms with van der Waals surface area (Å²) in [5.41, 5.74) is 5.59. The molecule has 0 amide bonds. The summed E-state index contributed by atoms with van der Waals surface area (Å²) >= 11 is 10.7. The van der Waals surface area contributed by atoms with Crippen LogP contribution < -0.4 is 11.1 Å². The van der Waals surface area contributed by atoms with Gasteiger partial charge in [-0.25, -0.2) is 9.97 Å². The molecule has 4 nitrogen and oxygen atoms in total. The van der Waals surface area contributed by atoms with E-state index < -0.39 is 0 Å². The molecule has 15 heavy (non-hydrogen) atoms. The number of hydrogen-bond donors (Lipinski definition) is 2. The molecule has 0 atom stereocenters. The molecule has 6 heteroatoms. The van der Waals surface area contributed by atoms with Crippen molar-refractivity contribution in [2.75, 3.05) is 13.1 Å². The van der Waals surface area contributed by atoms with E-state index in [9.17, 15) is 0 Å². The first-order chi connectivity index (χ1) is 7.18. The van der Waals surface area contributed by atoms with E-state index in [4.69, 9.17) is 28.9 Å². The van der Waals surface area contributed by atoms with Gasteiger partial charge < -0.3 is 11.1 Å². The molecule has 3 N–H and O–H groups in total. The highest BCUT2D eigenvalue weighted by atomic mass is 35.5. The van der Waals surface area contributed by atoms with E-state index in [2.05, 4.69) is 15.3 Å². The van der Waals surface area contributed by atoms with Crippen LogP contribution in [-0.4, -0.2) is 29.1 Å². The summed E-state index contributed by atoms with van der Waals surface area (Å²) in [7, 11) is 0. The second kappa shape index (κ2) is 6.95. The van der Waals surface area contributed by atoms with Crippen molar-refractivity contribution in [3.05, 3.63) is 22.7 Å². The van der Waals surface area contributed by atoms with Gasteiger partial charge >= 0.3 is 0 Å². The summed E-state index contributed by atoms with van der Waals surface area (Å²) in [6, 6.07) is 2.04. The fourth-order valence-corrected chi connectivity index (χ4v) is 1.49. The number of aromatic nitrogens is 2. The Morgan fingerprint density at radius 2 is 2.00 bits per heavy atom. The third kappa shape index (κ3) is 5.89. The van der Waals surface area contributed by atoms with Crippen molar-refractivity contribution in [2.45, 2.75) is 18.9 Å². The van der Waals surface area contributed by atoms with Crippen LogP contribution in [0.25, 0.3) is 0 Å². The van der Waals surface area contributed by atoms with Crippen molar-refractivity contribution in [1.82, 2.24) is 15.3 Å². The van der Waals surface area contributed by atoms with E-state index in [1.807, 2.05) is 0 Å². The Labute approximate surface area is 99.2 Å². The highest BCUT2D eigenvalue weighted by Gasteiger charge is 2.05. The van der Waals surface area contributed by atoms with Crippen molar-refractivity contribution in [2.24, 2.45) is 5.73 Å². The van der Waals surface area contributed by atoms with Gasteiger partial charge in [-0.1, -0.05) is 11.6 Å². The van der Waals surface area contributed by atoms with Crippen LogP contribution >= 0.6 is 23.2 Å². The van der Waals surface area contributed by atoms with Crippen molar-refractivity contribution < 1.29 is 0 Å². The number of nitrogens with zero attached hydrogens (tertiary/aromatic N) is 2. The Kier molecular flexibility index (Phi) is 5.86. The van der Waals surface area contributed by atoms with Gasteiger partial charge in [-0.3, -0.25) is 0 Å². The van der Waals surface area contributed by atoms with E-state index in [0.717, 1.165) is 25.9 Å². The van der Waals surface area contributed by atoms with E-state index in [1.54, 1.807) is 6.07 Å². The number of nitrogens with two attached hydrogens (primary N) is 1. The molecule has 2 rings (SSSR count). The monoisotopic (exact) mass is 248 g/mol. The van der Waals surface area contributed by atoms with Gasteiger partial charge in [0, 0.05) is 12.2 Å². The summed E-state index contributed by atoms with van der Waals surface area (Å²) in [4.78, 5) is 7.20. The van der Waals surface area contributed by atoms with Gasteiger partial charge in [-0.2, -0.15) is 0 Å². The topological polar surface area (TPSA) is 63.8 Å². The fraction of sp³-hybridized carbons (Fsp3) is 0.556. The minimum atomic E-state index is 0.178. The second-order valence-corrected chi connectivity index (χ2v) is 3.96. The normalized spacial score (nSPS) is 16.7. The SMILES string of the molecule is Clc1ccnc(Cl)n1.NC1CCNCC1. The highest BCUT2D eigenvalue weighted by molar-refractivity contribution is 6.31. The smallest absolute Gasteiger partial charge is 0.223 e. The molecule has 1 aliphatic rings. The maximum Gasteiger partial charge on any atom is 0.223 e. The number of rotatable bonds is 0. The van der Waals surface area contributed by atoms with E-state index in [-0.39, 0.29) is 5.28 Å². The molecule has 1 aliphatic heterocycles. The Hall–Kier alpha value is -0.420. The number of nitrogens with one attached hydrogen (secondary N) is 1. The molecular formula is C9H14Cl2N4. The van der Waals surface area contributed by atoms with Gasteiger partial charge in [0.1, 0.15) is 5.15 Å². The molecule has 1 aromatic heterocycles. The fourth-order valence-electron chi connectivity index (χ4n) is 1.16. The van der Waals surface area contributed by atoms with Crippen molar-refractivity contribution >= 4 is 23.2 Å². The van der Waals surface area contributed by atoms with Crippen LogP contribution in [0.5, 0.6) is 0 Å². The summed E-state index contributed by atoms with van der Waals surface area (Å²) in [6.07, 6.45) is 3.80. The molecule has 0 radical (unpaired) electrons. The Balaban J connectivity index is 0.000000151. The average molecular weight is 249 g/mol. The van der Waals surface area contributed by atoms with Crippen LogP contribution in [0.4, 0.5) is 0 Å². The average Bonchev–Trinajstić information content (AvgIpc) is 2.19. The maximum atomic E-state index is 5.59. The van der Waals surface area contributed by atoms with Crippen molar-refractivity contribution in [3.63, 3.8) is 0 Å². The molecule has 1 fully saturated rings. The van der Waals surface area contributed by atoms with Gasteiger partial charge in [-0.05, 0) is 43.6 Å². The molecule has 1 saturated heterocycles. The summed E-state index contributed by atoms with van der Waals surface area (Å²) in [6.45, 7) is 2.22. The third-order valence-corrected chi connectivity index (χ3v) is 2.37. The molecule has 84 valence electrons. The van der Waals surface area contributed by atoms with Gasteiger partial charge in [0.15, 0.2) is 0 Å². The predicted octanol–water partition coefficient (Wildman–Crippen LogP) is 1.48. The van der Waals surface area contributed by atoms with Crippen LogP contribution in [-0.2, 0) is 0 Å². The Bertz CT molecular complexity index is 272. The van der Waals surface area contributed by atoms with Gasteiger partial charge in [0.25, 0.3) is 0 Å². The molecule has 0 spiro atoms. The molecular weight excluding hydrogens is 235 g/mol. The lowest BCUT2D eigenvalue weighted by atomic mass is 10.1. The first-order valence-electron chi connectivity index (χ1n) is 4.79. The zero-order valence-electron chi connectivity index (χ0n) is 8.29. The van der Waals surface area contributed by atoms with E-state index >= 15 is 0 Å². The van der Waals surface area contributed by atoms with E-state index in [1.165, 1.54) is 6.20 Å². The van der Waals surface area contributed by atoms with Crippen molar-refractivity contribution in [3.8, 4) is 0 Å². The van der Waals surface area contributed by atoms with Gasteiger partial charge in [0.2, 0.25) is 5.28 Å². The molecule has 0 bridgehead atoms. The number of piperidine rings is 1. The van der Waals surface area contributed by atoms with E-state index in [0.29, 0.717) is 11.2 Å². The number of hydrogen-bond acceptors (Lipinski definition) is 4. The largest absolute Gasteiger partial charge is 0.328 e. The minimum Gasteiger partial charge on any atom is -0.328 e. The van der Waals surface area contributed by atoms with Gasteiger partial charge in [0.05, 0.1) is 0 Å². The predicted molar refractivity (Wildman–Crippen MR) is 62.1 cm³/mol. The van der Waals surface area contributed by atoms with Gasteiger partial charge in [-0.15, -0.1) is 0 Å². The first kappa shape index (κ1) is 12.6. The van der Waals surface area contributed by atoms with Crippen LogP contribution in [0.15, 0.2) is 12.3 Å². The Morgan fingerprint density at radius 1 is 1.33 bits per heavy atom.